The molecule has 1 aliphatic carbocycles. The Morgan fingerprint density at radius 2 is 1.33 bits per heavy atom. The Bertz CT molecular complexity index is 476. The number of hydrogen-bond donors (Lipinski definition) is 0. The highest BCUT2D eigenvalue weighted by Crippen LogP contribution is 2.42. The third-order valence-corrected chi connectivity index (χ3v) is 2.11. The highest BCUT2D eigenvalue weighted by atomic mass is 19.2. The summed E-state index contributed by atoms with van der Waals surface area (Å²) in [5, 5.41) is 0. The standard InChI is InChI=1S/C9H2F6/c10-2-1-3(11)5-4(2)6(12)8(14)9(15)7(5)13/h1-2H. The second-order valence-corrected chi connectivity index (χ2v) is 2.96. The molecule has 0 heterocycles. The Hall–Kier alpha value is -1.46. The normalized spacial score (nSPS) is 19.1. The van der Waals surface area contributed by atoms with Crippen LogP contribution in [0, 0.1) is 23.3 Å². The number of fused-ring (bicyclic) bond motifs is 1. The van der Waals surface area contributed by atoms with E-state index in [1.54, 1.807) is 0 Å². The van der Waals surface area contributed by atoms with Crippen LogP contribution in [0.15, 0.2) is 6.08 Å². The molecule has 15 heavy (non-hydrogen) atoms. The van der Waals surface area contributed by atoms with E-state index in [1.165, 1.54) is 0 Å². The first kappa shape index (κ1) is 10.1. The van der Waals surface area contributed by atoms with Crippen LogP contribution in [0.4, 0.5) is 26.3 Å². The van der Waals surface area contributed by atoms with Crippen molar-refractivity contribution in [2.45, 2.75) is 6.17 Å². The minimum atomic E-state index is -2.30. The van der Waals surface area contributed by atoms with Gasteiger partial charge in [0.15, 0.2) is 29.4 Å². The Balaban J connectivity index is 2.86. The van der Waals surface area contributed by atoms with Gasteiger partial charge >= 0.3 is 0 Å². The van der Waals surface area contributed by atoms with Crippen molar-refractivity contribution in [2.24, 2.45) is 0 Å². The average molecular weight is 224 g/mol. The number of hydrogen-bond acceptors (Lipinski definition) is 0. The van der Waals surface area contributed by atoms with Gasteiger partial charge in [0, 0.05) is 5.56 Å². The topological polar surface area (TPSA) is 0 Å². The van der Waals surface area contributed by atoms with Gasteiger partial charge in [-0.15, -0.1) is 0 Å². The van der Waals surface area contributed by atoms with Gasteiger partial charge in [0.05, 0.1) is 5.56 Å². The summed E-state index contributed by atoms with van der Waals surface area (Å²) in [6.45, 7) is 0. The van der Waals surface area contributed by atoms with Gasteiger partial charge in [-0.2, -0.15) is 0 Å². The van der Waals surface area contributed by atoms with Crippen molar-refractivity contribution in [1.82, 2.24) is 0 Å². The number of rotatable bonds is 0. The fraction of sp³-hybridized carbons (Fsp3) is 0.111. The van der Waals surface area contributed by atoms with Crippen molar-refractivity contribution in [3.05, 3.63) is 40.5 Å². The molecule has 0 N–H and O–H groups in total. The van der Waals surface area contributed by atoms with Crippen molar-refractivity contribution in [1.29, 1.82) is 0 Å². The molecule has 0 saturated carbocycles. The fourth-order valence-corrected chi connectivity index (χ4v) is 1.44. The monoisotopic (exact) mass is 224 g/mol. The molecule has 1 aromatic rings. The maximum Gasteiger partial charge on any atom is 0.198 e. The van der Waals surface area contributed by atoms with E-state index in [2.05, 4.69) is 0 Å². The first-order chi connectivity index (χ1) is 6.95. The molecule has 80 valence electrons. The molecule has 1 aromatic carbocycles. The number of allylic oxidation sites excluding steroid dienone is 1. The molecule has 0 nitrogen and oxygen atoms in total. The first-order valence-electron chi connectivity index (χ1n) is 3.82. The van der Waals surface area contributed by atoms with Crippen LogP contribution in [0.5, 0.6) is 0 Å². The molecule has 0 saturated heterocycles. The molecule has 0 aliphatic heterocycles. The fourth-order valence-electron chi connectivity index (χ4n) is 1.44. The average Bonchev–Trinajstić information content (AvgIpc) is 2.47. The summed E-state index contributed by atoms with van der Waals surface area (Å²) in [5.74, 6) is -9.55. The minimum Gasteiger partial charge on any atom is -0.237 e. The predicted octanol–water partition coefficient (Wildman–Crippen LogP) is 3.58. The number of halogens is 6. The van der Waals surface area contributed by atoms with E-state index in [0.29, 0.717) is 0 Å². The zero-order valence-corrected chi connectivity index (χ0v) is 6.92. The van der Waals surface area contributed by atoms with Gasteiger partial charge in [0.1, 0.15) is 5.83 Å². The molecular weight excluding hydrogens is 222 g/mol. The smallest absolute Gasteiger partial charge is 0.198 e. The zero-order valence-electron chi connectivity index (χ0n) is 6.92. The minimum absolute atomic E-state index is 0.246. The molecular formula is C9H2F6. The molecule has 6 heteroatoms. The van der Waals surface area contributed by atoms with Gasteiger partial charge < -0.3 is 0 Å². The lowest BCUT2D eigenvalue weighted by atomic mass is 10.1. The Labute approximate surface area is 79.8 Å². The summed E-state index contributed by atoms with van der Waals surface area (Å²) in [6, 6.07) is 0. The number of alkyl halides is 1. The van der Waals surface area contributed by atoms with E-state index in [1.807, 2.05) is 0 Å². The van der Waals surface area contributed by atoms with Gasteiger partial charge in [-0.3, -0.25) is 0 Å². The van der Waals surface area contributed by atoms with E-state index in [9.17, 15) is 26.3 Å². The molecule has 0 spiro atoms. The van der Waals surface area contributed by atoms with Gasteiger partial charge in [-0.05, 0) is 6.08 Å². The highest BCUT2D eigenvalue weighted by Gasteiger charge is 2.35. The Morgan fingerprint density at radius 3 is 1.93 bits per heavy atom. The van der Waals surface area contributed by atoms with Crippen molar-refractivity contribution in [3.63, 3.8) is 0 Å². The van der Waals surface area contributed by atoms with Gasteiger partial charge in [0.2, 0.25) is 0 Å². The molecule has 0 radical (unpaired) electrons. The maximum atomic E-state index is 12.9. The molecule has 0 amide bonds. The quantitative estimate of drug-likeness (QED) is 0.359. The summed E-state index contributed by atoms with van der Waals surface area (Å²) in [7, 11) is 0. The van der Waals surface area contributed by atoms with E-state index in [-0.39, 0.29) is 6.08 Å². The van der Waals surface area contributed by atoms with Crippen LogP contribution in [-0.2, 0) is 0 Å². The molecule has 1 atom stereocenters. The summed E-state index contributed by atoms with van der Waals surface area (Å²) in [5.41, 5.74) is -2.32. The van der Waals surface area contributed by atoms with Gasteiger partial charge in [-0.1, -0.05) is 0 Å². The molecule has 0 fully saturated rings. The summed E-state index contributed by atoms with van der Waals surface area (Å²) in [4.78, 5) is 0. The highest BCUT2D eigenvalue weighted by molar-refractivity contribution is 5.70. The summed E-state index contributed by atoms with van der Waals surface area (Å²) < 4.78 is 76.9. The van der Waals surface area contributed by atoms with Crippen molar-refractivity contribution < 1.29 is 26.3 Å². The van der Waals surface area contributed by atoms with Gasteiger partial charge in [-0.25, -0.2) is 26.3 Å². The first-order valence-corrected chi connectivity index (χ1v) is 3.82. The molecule has 0 bridgehead atoms. The van der Waals surface area contributed by atoms with Crippen LogP contribution in [0.2, 0.25) is 0 Å². The van der Waals surface area contributed by atoms with E-state index in [0.717, 1.165) is 0 Å². The van der Waals surface area contributed by atoms with Crippen LogP contribution in [0.3, 0.4) is 0 Å². The largest absolute Gasteiger partial charge is 0.237 e. The SMILES string of the molecule is FC1=CC(F)c2c(F)c(F)c(F)c(F)c21. The Kier molecular flexibility index (Phi) is 2.02. The molecule has 0 aromatic heterocycles. The molecule has 1 unspecified atom stereocenters. The van der Waals surface area contributed by atoms with Crippen LogP contribution >= 0.6 is 0 Å². The van der Waals surface area contributed by atoms with Crippen LogP contribution in [-0.4, -0.2) is 0 Å². The zero-order chi connectivity index (χ0) is 11.3. The van der Waals surface area contributed by atoms with Crippen molar-refractivity contribution in [2.75, 3.05) is 0 Å². The Morgan fingerprint density at radius 1 is 0.800 bits per heavy atom. The third-order valence-electron chi connectivity index (χ3n) is 2.11. The second kappa shape index (κ2) is 3.01. The lowest BCUT2D eigenvalue weighted by Gasteiger charge is -2.07. The lowest BCUT2D eigenvalue weighted by Crippen LogP contribution is -2.05. The third kappa shape index (κ3) is 1.17. The van der Waals surface area contributed by atoms with Gasteiger partial charge in [0.25, 0.3) is 0 Å². The van der Waals surface area contributed by atoms with E-state index >= 15 is 0 Å². The maximum absolute atomic E-state index is 12.9. The number of benzene rings is 1. The van der Waals surface area contributed by atoms with Crippen LogP contribution in [0.25, 0.3) is 5.83 Å². The van der Waals surface area contributed by atoms with E-state index in [4.69, 9.17) is 0 Å². The van der Waals surface area contributed by atoms with Crippen molar-refractivity contribution >= 4 is 5.83 Å². The summed E-state index contributed by atoms with van der Waals surface area (Å²) >= 11 is 0. The van der Waals surface area contributed by atoms with E-state index < -0.39 is 46.4 Å². The van der Waals surface area contributed by atoms with Crippen LogP contribution in [0.1, 0.15) is 17.3 Å². The lowest BCUT2D eigenvalue weighted by molar-refractivity contribution is 0.368. The second-order valence-electron chi connectivity index (χ2n) is 2.96. The molecule has 1 aliphatic rings. The van der Waals surface area contributed by atoms with Crippen LogP contribution < -0.4 is 0 Å². The van der Waals surface area contributed by atoms with Crippen molar-refractivity contribution in [3.8, 4) is 0 Å². The summed E-state index contributed by atoms with van der Waals surface area (Å²) in [6.07, 6.45) is -2.06. The molecule has 2 rings (SSSR count). The predicted molar refractivity (Wildman–Crippen MR) is 39.2 cm³/mol.